The quantitative estimate of drug-likeness (QED) is 0.533. The summed E-state index contributed by atoms with van der Waals surface area (Å²) in [6.07, 6.45) is 11.6. The molecule has 2 saturated carbocycles. The van der Waals surface area contributed by atoms with Gasteiger partial charge in [-0.15, -0.1) is 0 Å². The zero-order valence-corrected chi connectivity index (χ0v) is 12.7. The highest BCUT2D eigenvalue weighted by molar-refractivity contribution is 4.92. The van der Waals surface area contributed by atoms with Gasteiger partial charge in [0.25, 0.3) is 0 Å². The van der Waals surface area contributed by atoms with E-state index in [-0.39, 0.29) is 10.8 Å². The highest BCUT2D eigenvalue weighted by Crippen LogP contribution is 2.50. The topological polar surface area (TPSA) is 40.5 Å². The third-order valence-electron chi connectivity index (χ3n) is 5.53. The molecule has 0 aromatic carbocycles. The van der Waals surface area contributed by atoms with E-state index in [4.69, 9.17) is 0 Å². The van der Waals surface area contributed by atoms with Crippen LogP contribution in [0.25, 0.3) is 0 Å². The van der Waals surface area contributed by atoms with E-state index in [1.165, 1.54) is 0 Å². The second-order valence-corrected chi connectivity index (χ2v) is 7.41. The SMILES string of the molecule is OCC1(CCCCC(F)CCCCC2(CO)CC2)CC1. The summed E-state index contributed by atoms with van der Waals surface area (Å²) in [4.78, 5) is 0. The summed E-state index contributed by atoms with van der Waals surface area (Å²) in [5, 5.41) is 18.4. The van der Waals surface area contributed by atoms with Gasteiger partial charge >= 0.3 is 0 Å². The van der Waals surface area contributed by atoms with E-state index in [2.05, 4.69) is 0 Å². The lowest BCUT2D eigenvalue weighted by molar-refractivity contribution is 0.194. The average Bonchev–Trinajstić information content (AvgIpc) is 3.36. The molecule has 0 heterocycles. The molecular formula is C17H31FO2. The molecule has 2 nitrogen and oxygen atoms in total. The average molecular weight is 286 g/mol. The van der Waals surface area contributed by atoms with Gasteiger partial charge < -0.3 is 10.2 Å². The molecule has 2 rings (SSSR count). The Labute approximate surface area is 122 Å². The summed E-state index contributed by atoms with van der Waals surface area (Å²) >= 11 is 0. The Bertz CT molecular complexity index is 257. The molecule has 0 aromatic rings. The zero-order chi connectivity index (χ0) is 14.5. The number of rotatable bonds is 12. The first-order chi connectivity index (χ1) is 9.64. The van der Waals surface area contributed by atoms with Crippen molar-refractivity contribution in [2.45, 2.75) is 83.2 Å². The van der Waals surface area contributed by atoms with Crippen LogP contribution in [0.5, 0.6) is 0 Å². The predicted octanol–water partition coefficient (Wildman–Crippen LogP) is 3.99. The second kappa shape index (κ2) is 7.22. The largest absolute Gasteiger partial charge is 0.396 e. The van der Waals surface area contributed by atoms with Gasteiger partial charge in [-0.1, -0.05) is 25.7 Å². The molecule has 0 bridgehead atoms. The zero-order valence-electron chi connectivity index (χ0n) is 12.7. The molecular weight excluding hydrogens is 255 g/mol. The lowest BCUT2D eigenvalue weighted by Gasteiger charge is -2.13. The first-order valence-corrected chi connectivity index (χ1v) is 8.50. The molecule has 0 amide bonds. The van der Waals surface area contributed by atoms with Gasteiger partial charge in [0, 0.05) is 13.2 Å². The van der Waals surface area contributed by atoms with E-state index in [1.807, 2.05) is 0 Å². The Morgan fingerprint density at radius 2 is 1.15 bits per heavy atom. The van der Waals surface area contributed by atoms with Crippen LogP contribution in [0, 0.1) is 10.8 Å². The van der Waals surface area contributed by atoms with Crippen LogP contribution in [-0.2, 0) is 0 Å². The summed E-state index contributed by atoms with van der Waals surface area (Å²) in [5.74, 6) is 0. The van der Waals surface area contributed by atoms with Crippen LogP contribution in [0.4, 0.5) is 4.39 Å². The van der Waals surface area contributed by atoms with Gasteiger partial charge in [-0.05, 0) is 62.2 Å². The van der Waals surface area contributed by atoms with Gasteiger partial charge in [-0.2, -0.15) is 0 Å². The van der Waals surface area contributed by atoms with Crippen molar-refractivity contribution in [3.8, 4) is 0 Å². The van der Waals surface area contributed by atoms with Crippen LogP contribution >= 0.6 is 0 Å². The summed E-state index contributed by atoms with van der Waals surface area (Å²) in [6, 6.07) is 0. The van der Waals surface area contributed by atoms with Crippen molar-refractivity contribution in [1.29, 1.82) is 0 Å². The molecule has 0 spiro atoms. The number of hydrogen-bond acceptors (Lipinski definition) is 2. The van der Waals surface area contributed by atoms with Crippen molar-refractivity contribution in [2.75, 3.05) is 13.2 Å². The Morgan fingerprint density at radius 1 is 0.750 bits per heavy atom. The lowest BCUT2D eigenvalue weighted by Crippen LogP contribution is -2.08. The van der Waals surface area contributed by atoms with E-state index in [1.54, 1.807) is 0 Å². The van der Waals surface area contributed by atoms with Gasteiger partial charge in [-0.25, -0.2) is 4.39 Å². The van der Waals surface area contributed by atoms with Crippen molar-refractivity contribution < 1.29 is 14.6 Å². The molecule has 0 atom stereocenters. The highest BCUT2D eigenvalue weighted by Gasteiger charge is 2.41. The van der Waals surface area contributed by atoms with Crippen molar-refractivity contribution in [2.24, 2.45) is 10.8 Å². The Hall–Kier alpha value is -0.150. The molecule has 20 heavy (non-hydrogen) atoms. The maximum Gasteiger partial charge on any atom is 0.100 e. The van der Waals surface area contributed by atoms with Gasteiger partial charge in [0.1, 0.15) is 6.17 Å². The summed E-state index contributed by atoms with van der Waals surface area (Å²) in [5.41, 5.74) is 0.462. The van der Waals surface area contributed by atoms with Crippen LogP contribution in [0.15, 0.2) is 0 Å². The van der Waals surface area contributed by atoms with Crippen molar-refractivity contribution in [3.63, 3.8) is 0 Å². The van der Waals surface area contributed by atoms with Crippen LogP contribution < -0.4 is 0 Å². The summed E-state index contributed by atoms with van der Waals surface area (Å²) in [6.45, 7) is 0.636. The number of halogens is 1. The second-order valence-electron chi connectivity index (χ2n) is 7.41. The first kappa shape index (κ1) is 16.2. The highest BCUT2D eigenvalue weighted by atomic mass is 19.1. The van der Waals surface area contributed by atoms with Gasteiger partial charge in [-0.3, -0.25) is 0 Å². The molecule has 2 fully saturated rings. The standard InChI is InChI=1S/C17H31FO2/c18-15(5-1-3-7-16(13-19)9-10-16)6-2-4-8-17(14-20)11-12-17/h15,19-20H,1-14H2. The number of unbranched alkanes of at least 4 members (excludes halogenated alkanes) is 2. The number of aliphatic hydroxyl groups is 2. The van der Waals surface area contributed by atoms with Crippen LogP contribution in [0.3, 0.4) is 0 Å². The fourth-order valence-electron chi connectivity index (χ4n) is 3.20. The molecule has 0 unspecified atom stereocenters. The van der Waals surface area contributed by atoms with Crippen molar-refractivity contribution in [1.82, 2.24) is 0 Å². The van der Waals surface area contributed by atoms with Crippen LogP contribution in [-0.4, -0.2) is 29.6 Å². The minimum atomic E-state index is -0.649. The maximum absolute atomic E-state index is 13.7. The molecule has 118 valence electrons. The Morgan fingerprint density at radius 3 is 1.45 bits per heavy atom. The molecule has 0 saturated heterocycles. The fraction of sp³-hybridized carbons (Fsp3) is 1.00. The fourth-order valence-corrected chi connectivity index (χ4v) is 3.20. The smallest absolute Gasteiger partial charge is 0.100 e. The maximum atomic E-state index is 13.7. The first-order valence-electron chi connectivity index (χ1n) is 8.50. The third kappa shape index (κ3) is 5.00. The number of aliphatic hydroxyl groups excluding tert-OH is 2. The minimum absolute atomic E-state index is 0.231. The van der Waals surface area contributed by atoms with Crippen LogP contribution in [0.1, 0.15) is 77.0 Å². The van der Waals surface area contributed by atoms with Crippen molar-refractivity contribution >= 4 is 0 Å². The van der Waals surface area contributed by atoms with Gasteiger partial charge in [0.15, 0.2) is 0 Å². The molecule has 0 aliphatic heterocycles. The number of hydrogen-bond donors (Lipinski definition) is 2. The van der Waals surface area contributed by atoms with Crippen molar-refractivity contribution in [3.05, 3.63) is 0 Å². The molecule has 3 heteroatoms. The minimum Gasteiger partial charge on any atom is -0.396 e. The van der Waals surface area contributed by atoms with Gasteiger partial charge in [0.2, 0.25) is 0 Å². The van der Waals surface area contributed by atoms with Gasteiger partial charge in [0.05, 0.1) is 0 Å². The Kier molecular flexibility index (Phi) is 5.85. The third-order valence-corrected chi connectivity index (χ3v) is 5.53. The lowest BCUT2D eigenvalue weighted by atomic mass is 9.96. The molecule has 0 radical (unpaired) electrons. The molecule has 2 aliphatic carbocycles. The summed E-state index contributed by atoms with van der Waals surface area (Å²) < 4.78 is 13.7. The molecule has 0 aromatic heterocycles. The Balaban J connectivity index is 1.41. The van der Waals surface area contributed by atoms with E-state index in [0.717, 1.165) is 64.2 Å². The predicted molar refractivity (Wildman–Crippen MR) is 79.3 cm³/mol. The normalized spacial score (nSPS) is 22.2. The van der Waals surface area contributed by atoms with E-state index < -0.39 is 6.17 Å². The van der Waals surface area contributed by atoms with E-state index in [0.29, 0.717) is 26.1 Å². The van der Waals surface area contributed by atoms with Crippen LogP contribution in [0.2, 0.25) is 0 Å². The van der Waals surface area contributed by atoms with E-state index in [9.17, 15) is 14.6 Å². The molecule has 2 N–H and O–H groups in total. The van der Waals surface area contributed by atoms with E-state index >= 15 is 0 Å². The number of alkyl halides is 1. The monoisotopic (exact) mass is 286 g/mol. The summed E-state index contributed by atoms with van der Waals surface area (Å²) in [7, 11) is 0. The molecule has 2 aliphatic rings.